The van der Waals surface area contributed by atoms with Crippen LogP contribution in [0.3, 0.4) is 0 Å². The van der Waals surface area contributed by atoms with Gasteiger partial charge in [0.05, 0.1) is 18.1 Å². The molecular weight excluding hydrogens is 389 g/mol. The van der Waals surface area contributed by atoms with E-state index < -0.39 is 19.0 Å². The third-order valence-corrected chi connectivity index (χ3v) is 5.92. The lowest BCUT2D eigenvalue weighted by Crippen LogP contribution is -2.53. The molecule has 1 saturated carbocycles. The number of aliphatic hydroxyl groups excluding tert-OH is 1. The van der Waals surface area contributed by atoms with Crippen molar-refractivity contribution >= 4 is 19.0 Å². The number of carbonyl (C=O) groups excluding carboxylic acids is 1. The van der Waals surface area contributed by atoms with E-state index in [2.05, 4.69) is 10.6 Å². The second kappa shape index (κ2) is 10.3. The summed E-state index contributed by atoms with van der Waals surface area (Å²) in [6.07, 6.45) is 4.45. The maximum atomic E-state index is 12.5. The number of rotatable bonds is 8. The second-order valence-electron chi connectivity index (χ2n) is 8.26. The average molecular weight is 419 g/mol. The van der Waals surface area contributed by atoms with Gasteiger partial charge in [-0.15, -0.1) is 0 Å². The van der Waals surface area contributed by atoms with Crippen LogP contribution in [0.5, 0.6) is 5.75 Å². The lowest BCUT2D eigenvalue weighted by atomic mass is 9.72. The highest BCUT2D eigenvalue weighted by molar-refractivity contribution is 6.47. The van der Waals surface area contributed by atoms with Gasteiger partial charge in [0.1, 0.15) is 5.75 Å². The lowest BCUT2D eigenvalue weighted by molar-refractivity contribution is -0.122. The van der Waals surface area contributed by atoms with Crippen molar-refractivity contribution in [2.75, 3.05) is 13.2 Å². The number of nitrogens with two attached hydrogens (primary N) is 1. The van der Waals surface area contributed by atoms with Crippen LogP contribution in [0.2, 0.25) is 0 Å². The zero-order chi connectivity index (χ0) is 21.7. The van der Waals surface area contributed by atoms with Crippen LogP contribution >= 0.6 is 0 Å². The summed E-state index contributed by atoms with van der Waals surface area (Å²) in [6, 6.07) is 4.89. The summed E-state index contributed by atoms with van der Waals surface area (Å²) < 4.78 is 5.42. The minimum absolute atomic E-state index is 0.00152. The molecule has 30 heavy (non-hydrogen) atoms. The van der Waals surface area contributed by atoms with Gasteiger partial charge in [0.15, 0.2) is 0 Å². The minimum atomic E-state index is -1.29. The predicted molar refractivity (Wildman–Crippen MR) is 111 cm³/mol. The maximum Gasteiger partial charge on any atom is 0.547 e. The molecule has 1 aromatic carbocycles. The number of hydrogen-bond acceptors (Lipinski definition) is 7. The minimum Gasteiger partial charge on any atom is -0.534 e. The first-order chi connectivity index (χ1) is 14.4. The third kappa shape index (κ3) is 5.72. The molecule has 1 heterocycles. The molecule has 7 N–H and O–H groups in total. The first kappa shape index (κ1) is 22.5. The number of aliphatic hydroxyl groups is 1. The molecule has 0 bridgehead atoms. The summed E-state index contributed by atoms with van der Waals surface area (Å²) in [5.74, 6) is -1.44. The monoisotopic (exact) mass is 419 g/mol. The molecule has 0 spiro atoms. The summed E-state index contributed by atoms with van der Waals surface area (Å²) in [4.78, 5) is 23.8. The fraction of sp³-hybridized carbons (Fsp3) is 0.600. The predicted octanol–water partition coefficient (Wildman–Crippen LogP) is -0.318. The Kier molecular flexibility index (Phi) is 7.71. The molecule has 10 heteroatoms. The number of carboxylic acid groups (broad SMARTS) is 1. The number of hydrogen-bond donors (Lipinski definition) is 6. The Morgan fingerprint density at radius 2 is 2.00 bits per heavy atom. The van der Waals surface area contributed by atoms with Gasteiger partial charge in [-0.25, -0.2) is 4.79 Å². The van der Waals surface area contributed by atoms with Gasteiger partial charge >= 0.3 is 13.1 Å². The molecule has 1 aliphatic heterocycles. The molecule has 164 valence electrons. The van der Waals surface area contributed by atoms with Gasteiger partial charge in [-0.05, 0) is 49.7 Å². The highest BCUT2D eigenvalue weighted by Crippen LogP contribution is 2.31. The van der Waals surface area contributed by atoms with Gasteiger partial charge in [-0.1, -0.05) is 12.1 Å². The topological polar surface area (TPSA) is 154 Å². The van der Waals surface area contributed by atoms with E-state index in [0.717, 1.165) is 25.7 Å². The van der Waals surface area contributed by atoms with Crippen LogP contribution in [-0.2, 0) is 11.2 Å². The largest absolute Gasteiger partial charge is 0.547 e. The van der Waals surface area contributed by atoms with Gasteiger partial charge in [0.25, 0.3) is 0 Å². The summed E-state index contributed by atoms with van der Waals surface area (Å²) in [6.45, 7) is 0.540. The molecule has 2 aliphatic rings. The quantitative estimate of drug-likeness (QED) is 0.314. The molecule has 0 aromatic heterocycles. The van der Waals surface area contributed by atoms with Crippen molar-refractivity contribution < 1.29 is 29.5 Å². The highest BCUT2D eigenvalue weighted by atomic mass is 16.5. The molecule has 1 amide bonds. The maximum absolute atomic E-state index is 12.5. The Bertz CT molecular complexity index is 756. The van der Waals surface area contributed by atoms with E-state index in [-0.39, 0.29) is 35.8 Å². The fourth-order valence-corrected chi connectivity index (χ4v) is 4.20. The SMILES string of the molecule is N[C@H](CO)CN[C@H]1CC[C@H](CC(=O)N[C@H]2Cc3cccc(C(=O)O)c3OB2O)CC1. The van der Waals surface area contributed by atoms with Crippen LogP contribution in [0.4, 0.5) is 0 Å². The number of amides is 1. The normalized spacial score (nSPS) is 24.5. The number of para-hydroxylation sites is 1. The fourth-order valence-electron chi connectivity index (χ4n) is 4.20. The Balaban J connectivity index is 1.47. The molecule has 1 fully saturated rings. The molecule has 2 atom stereocenters. The molecule has 3 rings (SSSR count). The van der Waals surface area contributed by atoms with Crippen LogP contribution in [-0.4, -0.2) is 65.4 Å². The van der Waals surface area contributed by atoms with Gasteiger partial charge in [0, 0.05) is 25.0 Å². The summed E-state index contributed by atoms with van der Waals surface area (Å²) in [5.41, 5.74) is 6.36. The van der Waals surface area contributed by atoms with E-state index in [1.807, 2.05) is 0 Å². The molecular formula is C20H30BN3O6. The van der Waals surface area contributed by atoms with E-state index in [1.165, 1.54) is 6.07 Å². The zero-order valence-electron chi connectivity index (χ0n) is 16.9. The average Bonchev–Trinajstić information content (AvgIpc) is 2.73. The number of nitrogens with one attached hydrogen (secondary N) is 2. The van der Waals surface area contributed by atoms with Crippen molar-refractivity contribution in [3.63, 3.8) is 0 Å². The molecule has 0 saturated heterocycles. The van der Waals surface area contributed by atoms with Crippen LogP contribution in [0.15, 0.2) is 18.2 Å². The molecule has 9 nitrogen and oxygen atoms in total. The van der Waals surface area contributed by atoms with Crippen LogP contribution in [0.1, 0.15) is 48.0 Å². The molecule has 0 unspecified atom stereocenters. The molecule has 1 aromatic rings. The number of aromatic carboxylic acids is 1. The lowest BCUT2D eigenvalue weighted by Gasteiger charge is -2.31. The van der Waals surface area contributed by atoms with E-state index in [1.54, 1.807) is 12.1 Å². The van der Waals surface area contributed by atoms with Gasteiger partial charge in [-0.2, -0.15) is 0 Å². The van der Waals surface area contributed by atoms with Gasteiger partial charge in [0.2, 0.25) is 5.91 Å². The standard InChI is InChI=1S/C20H30BN3O6/c22-14(11-25)10-23-15-6-4-12(5-7-15)8-18(26)24-17-9-13-2-1-3-16(20(27)28)19(13)30-21(17)29/h1-3,12,14-15,17,23,25,29H,4-11,22H2,(H,24,26)(H,27,28)/t12-,14-,15-,17-/m0/s1. The Morgan fingerprint density at radius 1 is 1.27 bits per heavy atom. The van der Waals surface area contributed by atoms with Gasteiger partial charge < -0.3 is 36.3 Å². The van der Waals surface area contributed by atoms with E-state index in [4.69, 9.17) is 15.5 Å². The van der Waals surface area contributed by atoms with E-state index in [9.17, 15) is 19.7 Å². The van der Waals surface area contributed by atoms with Gasteiger partial charge in [-0.3, -0.25) is 4.79 Å². The van der Waals surface area contributed by atoms with Crippen molar-refractivity contribution in [1.82, 2.24) is 10.6 Å². The van der Waals surface area contributed by atoms with E-state index >= 15 is 0 Å². The smallest absolute Gasteiger partial charge is 0.534 e. The second-order valence-corrected chi connectivity index (χ2v) is 8.26. The summed E-state index contributed by atoms with van der Waals surface area (Å²) >= 11 is 0. The van der Waals surface area contributed by atoms with Crippen LogP contribution in [0.25, 0.3) is 0 Å². The van der Waals surface area contributed by atoms with Crippen LogP contribution in [0, 0.1) is 5.92 Å². The number of carboxylic acids is 1. The molecule has 1 aliphatic carbocycles. The van der Waals surface area contributed by atoms with Crippen molar-refractivity contribution in [2.24, 2.45) is 11.7 Å². The van der Waals surface area contributed by atoms with E-state index in [0.29, 0.717) is 31.0 Å². The Morgan fingerprint density at radius 3 is 2.67 bits per heavy atom. The number of benzene rings is 1. The van der Waals surface area contributed by atoms with Crippen LogP contribution < -0.4 is 21.0 Å². The van der Waals surface area contributed by atoms with Crippen molar-refractivity contribution in [3.05, 3.63) is 29.3 Å². The number of carbonyl (C=O) groups is 2. The molecule has 0 radical (unpaired) electrons. The Hall–Kier alpha value is -2.14. The Labute approximate surface area is 176 Å². The first-order valence-electron chi connectivity index (χ1n) is 10.5. The van der Waals surface area contributed by atoms with Crippen molar-refractivity contribution in [1.29, 1.82) is 0 Å². The summed E-state index contributed by atoms with van der Waals surface area (Å²) in [5, 5.41) is 34.7. The zero-order valence-corrected chi connectivity index (χ0v) is 16.9. The summed E-state index contributed by atoms with van der Waals surface area (Å²) in [7, 11) is -1.29. The third-order valence-electron chi connectivity index (χ3n) is 5.92. The van der Waals surface area contributed by atoms with Crippen molar-refractivity contribution in [2.45, 2.75) is 56.5 Å². The highest BCUT2D eigenvalue weighted by Gasteiger charge is 2.38. The van der Waals surface area contributed by atoms with Crippen molar-refractivity contribution in [3.8, 4) is 5.75 Å². The first-order valence-corrected chi connectivity index (χ1v) is 10.5. The number of fused-ring (bicyclic) bond motifs is 1.